The van der Waals surface area contributed by atoms with Gasteiger partial charge in [0.25, 0.3) is 0 Å². The fourth-order valence-electron chi connectivity index (χ4n) is 1.31. The zero-order chi connectivity index (χ0) is 12.1. The summed E-state index contributed by atoms with van der Waals surface area (Å²) in [6.07, 6.45) is 3.49. The molecule has 0 spiro atoms. The minimum Gasteiger partial charge on any atom is -0.366 e. The van der Waals surface area contributed by atoms with Crippen molar-refractivity contribution in [3.63, 3.8) is 0 Å². The topological polar surface area (TPSA) is 61.6 Å². The number of halogens is 1. The van der Waals surface area contributed by atoms with Crippen LogP contribution in [-0.2, 0) is 6.54 Å². The van der Waals surface area contributed by atoms with E-state index in [-0.39, 0.29) is 5.69 Å². The van der Waals surface area contributed by atoms with Crippen molar-refractivity contribution in [1.29, 1.82) is 5.26 Å². The van der Waals surface area contributed by atoms with Crippen LogP contribution in [-0.4, -0.2) is 9.97 Å². The lowest BCUT2D eigenvalue weighted by molar-refractivity contribution is 1.08. The Kier molecular flexibility index (Phi) is 3.53. The molecule has 2 rings (SSSR count). The van der Waals surface area contributed by atoms with Gasteiger partial charge in [-0.15, -0.1) is 0 Å². The third kappa shape index (κ3) is 2.92. The van der Waals surface area contributed by atoms with Gasteiger partial charge in [0.1, 0.15) is 11.9 Å². The summed E-state index contributed by atoms with van der Waals surface area (Å²) in [5, 5.41) is 12.3. The maximum atomic E-state index is 8.79. The maximum absolute atomic E-state index is 8.79. The second kappa shape index (κ2) is 5.28. The van der Waals surface area contributed by atoms with Crippen LogP contribution in [0.15, 0.2) is 36.7 Å². The van der Waals surface area contributed by atoms with Gasteiger partial charge in [0.2, 0.25) is 0 Å². The number of anilines is 1. The van der Waals surface area contributed by atoms with E-state index in [1.807, 2.05) is 18.2 Å². The van der Waals surface area contributed by atoms with Gasteiger partial charge in [0, 0.05) is 18.9 Å². The van der Waals surface area contributed by atoms with Gasteiger partial charge < -0.3 is 5.32 Å². The Bertz CT molecular complexity index is 548. The molecular formula is C12H9ClN4. The molecule has 4 nitrogen and oxygen atoms in total. The Balaban J connectivity index is 2.08. The molecule has 0 fully saturated rings. The average molecular weight is 245 g/mol. The number of nitrogens with zero attached hydrogens (tertiary/aromatic N) is 3. The molecular weight excluding hydrogens is 236 g/mol. The van der Waals surface area contributed by atoms with Gasteiger partial charge in [-0.2, -0.15) is 5.26 Å². The van der Waals surface area contributed by atoms with E-state index < -0.39 is 0 Å². The highest BCUT2D eigenvalue weighted by molar-refractivity contribution is 6.31. The highest BCUT2D eigenvalue weighted by Crippen LogP contribution is 2.16. The quantitative estimate of drug-likeness (QED) is 0.902. The predicted octanol–water partition coefficient (Wildman–Crippen LogP) is 2.61. The largest absolute Gasteiger partial charge is 0.366 e. The average Bonchev–Trinajstić information content (AvgIpc) is 2.39. The summed E-state index contributed by atoms with van der Waals surface area (Å²) in [7, 11) is 0. The number of pyridine rings is 2. The Morgan fingerprint density at radius 1 is 1.35 bits per heavy atom. The molecule has 84 valence electrons. The van der Waals surface area contributed by atoms with Crippen molar-refractivity contribution >= 4 is 17.4 Å². The van der Waals surface area contributed by atoms with Crippen molar-refractivity contribution < 1.29 is 0 Å². The first-order valence-corrected chi connectivity index (χ1v) is 5.37. The number of nitriles is 1. The zero-order valence-corrected chi connectivity index (χ0v) is 9.65. The van der Waals surface area contributed by atoms with Gasteiger partial charge in [0.05, 0.1) is 5.02 Å². The number of aromatic nitrogens is 2. The standard InChI is InChI=1S/C12H9ClN4/c13-10-3-4-12(17-11(10)6-14)16-8-9-2-1-5-15-7-9/h1-5,7H,8H2,(H,16,17). The summed E-state index contributed by atoms with van der Waals surface area (Å²) in [4.78, 5) is 8.09. The van der Waals surface area contributed by atoms with Crippen molar-refractivity contribution in [2.45, 2.75) is 6.54 Å². The Labute approximate surface area is 104 Å². The first-order chi connectivity index (χ1) is 8.29. The van der Waals surface area contributed by atoms with Crippen molar-refractivity contribution in [1.82, 2.24) is 9.97 Å². The fourth-order valence-corrected chi connectivity index (χ4v) is 1.46. The molecule has 0 bridgehead atoms. The Morgan fingerprint density at radius 2 is 2.24 bits per heavy atom. The lowest BCUT2D eigenvalue weighted by atomic mass is 10.3. The molecule has 5 heteroatoms. The van der Waals surface area contributed by atoms with Gasteiger partial charge in [-0.25, -0.2) is 4.98 Å². The molecule has 2 aromatic rings. The molecule has 0 atom stereocenters. The van der Waals surface area contributed by atoms with Crippen molar-refractivity contribution in [2.75, 3.05) is 5.32 Å². The van der Waals surface area contributed by atoms with E-state index in [0.29, 0.717) is 17.4 Å². The summed E-state index contributed by atoms with van der Waals surface area (Å²) < 4.78 is 0. The molecule has 0 unspecified atom stereocenters. The number of nitrogens with one attached hydrogen (secondary N) is 1. The SMILES string of the molecule is N#Cc1nc(NCc2cccnc2)ccc1Cl. The first kappa shape index (κ1) is 11.4. The monoisotopic (exact) mass is 244 g/mol. The summed E-state index contributed by atoms with van der Waals surface area (Å²) in [5.41, 5.74) is 1.27. The van der Waals surface area contributed by atoms with Gasteiger partial charge in [0.15, 0.2) is 5.69 Å². The summed E-state index contributed by atoms with van der Waals surface area (Å²) in [6, 6.07) is 9.15. The fraction of sp³-hybridized carbons (Fsp3) is 0.0833. The van der Waals surface area contributed by atoms with Crippen molar-refractivity contribution in [3.05, 3.63) is 52.9 Å². The predicted molar refractivity (Wildman–Crippen MR) is 65.5 cm³/mol. The van der Waals surface area contributed by atoms with Crippen LogP contribution in [0.1, 0.15) is 11.3 Å². The zero-order valence-electron chi connectivity index (χ0n) is 8.89. The van der Waals surface area contributed by atoms with E-state index in [2.05, 4.69) is 15.3 Å². The van der Waals surface area contributed by atoms with Crippen LogP contribution in [0.25, 0.3) is 0 Å². The van der Waals surface area contributed by atoms with Gasteiger partial charge in [-0.3, -0.25) is 4.98 Å². The van der Waals surface area contributed by atoms with E-state index in [1.54, 1.807) is 24.5 Å². The maximum Gasteiger partial charge on any atom is 0.161 e. The summed E-state index contributed by atoms with van der Waals surface area (Å²) in [5.74, 6) is 0.620. The van der Waals surface area contributed by atoms with Crippen LogP contribution >= 0.6 is 11.6 Å². The molecule has 0 radical (unpaired) electrons. The van der Waals surface area contributed by atoms with Gasteiger partial charge in [-0.05, 0) is 23.8 Å². The Morgan fingerprint density at radius 3 is 2.94 bits per heavy atom. The van der Waals surface area contributed by atoms with Crippen LogP contribution in [0.4, 0.5) is 5.82 Å². The molecule has 0 aromatic carbocycles. The molecule has 2 heterocycles. The van der Waals surface area contributed by atoms with E-state index in [1.165, 1.54) is 0 Å². The van der Waals surface area contributed by atoms with E-state index in [9.17, 15) is 0 Å². The van der Waals surface area contributed by atoms with Gasteiger partial charge >= 0.3 is 0 Å². The van der Waals surface area contributed by atoms with E-state index in [0.717, 1.165) is 5.56 Å². The third-order valence-electron chi connectivity index (χ3n) is 2.15. The molecule has 0 amide bonds. The van der Waals surface area contributed by atoms with Crippen LogP contribution in [0.2, 0.25) is 5.02 Å². The normalized spacial score (nSPS) is 9.65. The molecule has 0 aliphatic heterocycles. The van der Waals surface area contributed by atoms with Crippen LogP contribution in [0, 0.1) is 11.3 Å². The second-order valence-corrected chi connectivity index (χ2v) is 3.76. The van der Waals surface area contributed by atoms with Crippen molar-refractivity contribution in [3.8, 4) is 6.07 Å². The third-order valence-corrected chi connectivity index (χ3v) is 2.45. The smallest absolute Gasteiger partial charge is 0.161 e. The summed E-state index contributed by atoms with van der Waals surface area (Å²) >= 11 is 5.79. The van der Waals surface area contributed by atoms with Crippen LogP contribution in [0.3, 0.4) is 0 Å². The van der Waals surface area contributed by atoms with Gasteiger partial charge in [-0.1, -0.05) is 17.7 Å². The minimum absolute atomic E-state index is 0.225. The van der Waals surface area contributed by atoms with E-state index >= 15 is 0 Å². The highest BCUT2D eigenvalue weighted by atomic mass is 35.5. The van der Waals surface area contributed by atoms with Crippen LogP contribution < -0.4 is 5.32 Å². The molecule has 2 aromatic heterocycles. The Hall–Kier alpha value is -2.12. The molecule has 0 aliphatic carbocycles. The first-order valence-electron chi connectivity index (χ1n) is 4.99. The number of hydrogen-bond donors (Lipinski definition) is 1. The number of rotatable bonds is 3. The van der Waals surface area contributed by atoms with Crippen LogP contribution in [0.5, 0.6) is 0 Å². The summed E-state index contributed by atoms with van der Waals surface area (Å²) in [6.45, 7) is 0.605. The van der Waals surface area contributed by atoms with Crippen molar-refractivity contribution in [2.24, 2.45) is 0 Å². The molecule has 1 N–H and O–H groups in total. The van der Waals surface area contributed by atoms with E-state index in [4.69, 9.17) is 16.9 Å². The molecule has 0 aliphatic rings. The second-order valence-electron chi connectivity index (χ2n) is 3.35. The lowest BCUT2D eigenvalue weighted by Gasteiger charge is -2.05. The molecule has 17 heavy (non-hydrogen) atoms. The minimum atomic E-state index is 0.225. The molecule has 0 saturated carbocycles. The molecule has 0 saturated heterocycles. The number of hydrogen-bond acceptors (Lipinski definition) is 4. The highest BCUT2D eigenvalue weighted by Gasteiger charge is 2.02. The lowest BCUT2D eigenvalue weighted by Crippen LogP contribution is -2.02.